The third-order valence-electron chi connectivity index (χ3n) is 4.94. The Labute approximate surface area is 173 Å². The third-order valence-corrected chi connectivity index (χ3v) is 5.52. The summed E-state index contributed by atoms with van der Waals surface area (Å²) in [4.78, 5) is 5.49. The Morgan fingerprint density at radius 1 is 0.857 bits per heavy atom. The van der Waals surface area contributed by atoms with Crippen molar-refractivity contribution in [2.75, 3.05) is 14.1 Å². The molecule has 1 N–H and O–H groups in total. The van der Waals surface area contributed by atoms with E-state index in [-0.39, 0.29) is 11.9 Å². The van der Waals surface area contributed by atoms with Crippen molar-refractivity contribution < 1.29 is 4.39 Å². The molecular weight excluding hydrogens is 394 g/mol. The van der Waals surface area contributed by atoms with Gasteiger partial charge in [-0.3, -0.25) is 4.90 Å². The lowest BCUT2D eigenvalue weighted by Gasteiger charge is -2.27. The molecule has 0 amide bonds. The van der Waals surface area contributed by atoms with Crippen LogP contribution in [0.3, 0.4) is 0 Å². The quantitative estimate of drug-likeness (QED) is 0.384. The normalized spacial score (nSPS) is 12.6. The SMILES string of the molecule is CN(C)C(c1c(F)cccc1Cl)c1c(-c2ccc(Cl)cc2)[nH]c2ccccc12. The minimum absolute atomic E-state index is 0.321. The molecule has 4 aromatic rings. The molecule has 0 aliphatic rings. The van der Waals surface area contributed by atoms with E-state index in [1.165, 1.54) is 6.07 Å². The third kappa shape index (κ3) is 3.30. The van der Waals surface area contributed by atoms with Crippen LogP contribution in [0.4, 0.5) is 4.39 Å². The highest BCUT2D eigenvalue weighted by Gasteiger charge is 2.28. The maximum atomic E-state index is 14.9. The Hall–Kier alpha value is -2.33. The van der Waals surface area contributed by atoms with Gasteiger partial charge in [0.2, 0.25) is 0 Å². The Balaban J connectivity index is 2.05. The number of benzene rings is 3. The van der Waals surface area contributed by atoms with Crippen LogP contribution >= 0.6 is 23.2 Å². The van der Waals surface area contributed by atoms with Gasteiger partial charge in [0.25, 0.3) is 0 Å². The van der Waals surface area contributed by atoms with E-state index >= 15 is 0 Å². The first-order valence-corrected chi connectivity index (χ1v) is 9.70. The molecule has 0 bridgehead atoms. The number of hydrogen-bond donors (Lipinski definition) is 1. The number of halogens is 3. The van der Waals surface area contributed by atoms with Gasteiger partial charge in [-0.05, 0) is 50.0 Å². The predicted octanol–water partition coefficient (Wildman–Crippen LogP) is 6.93. The molecule has 142 valence electrons. The van der Waals surface area contributed by atoms with E-state index in [0.29, 0.717) is 15.6 Å². The number of hydrogen-bond acceptors (Lipinski definition) is 1. The summed E-state index contributed by atoms with van der Waals surface area (Å²) in [5.74, 6) is -0.321. The lowest BCUT2D eigenvalue weighted by atomic mass is 9.92. The number of fused-ring (bicyclic) bond motifs is 1. The van der Waals surface area contributed by atoms with Gasteiger partial charge in [0.15, 0.2) is 0 Å². The molecule has 5 heteroatoms. The molecule has 1 heterocycles. The minimum Gasteiger partial charge on any atom is -0.354 e. The monoisotopic (exact) mass is 412 g/mol. The number of nitrogens with zero attached hydrogens (tertiary/aromatic N) is 1. The number of para-hydroxylation sites is 1. The predicted molar refractivity (Wildman–Crippen MR) is 116 cm³/mol. The van der Waals surface area contributed by atoms with E-state index < -0.39 is 0 Å². The summed E-state index contributed by atoms with van der Waals surface area (Å²) in [6.45, 7) is 0. The second-order valence-corrected chi connectivity index (χ2v) is 7.81. The van der Waals surface area contributed by atoms with Crippen LogP contribution in [-0.4, -0.2) is 24.0 Å². The fraction of sp³-hybridized carbons (Fsp3) is 0.130. The first kappa shape index (κ1) is 19.0. The topological polar surface area (TPSA) is 19.0 Å². The molecule has 0 saturated heterocycles. The Kier molecular flexibility index (Phi) is 5.15. The van der Waals surface area contributed by atoms with Crippen molar-refractivity contribution >= 4 is 34.1 Å². The lowest BCUT2D eigenvalue weighted by molar-refractivity contribution is 0.336. The van der Waals surface area contributed by atoms with Crippen LogP contribution < -0.4 is 0 Å². The number of aromatic nitrogens is 1. The van der Waals surface area contributed by atoms with Crippen molar-refractivity contribution in [1.82, 2.24) is 9.88 Å². The average molecular weight is 413 g/mol. The van der Waals surface area contributed by atoms with E-state index in [0.717, 1.165) is 27.7 Å². The summed E-state index contributed by atoms with van der Waals surface area (Å²) in [6, 6.07) is 20.1. The molecule has 0 saturated carbocycles. The zero-order valence-electron chi connectivity index (χ0n) is 15.5. The van der Waals surface area contributed by atoms with Crippen molar-refractivity contribution in [2.45, 2.75) is 6.04 Å². The fourth-order valence-corrected chi connectivity index (χ4v) is 4.12. The van der Waals surface area contributed by atoms with Crippen LogP contribution in [-0.2, 0) is 0 Å². The molecule has 0 spiro atoms. The number of nitrogens with one attached hydrogen (secondary N) is 1. The molecule has 1 aromatic heterocycles. The van der Waals surface area contributed by atoms with Gasteiger partial charge in [0.1, 0.15) is 5.82 Å². The van der Waals surface area contributed by atoms with Crippen molar-refractivity contribution in [1.29, 1.82) is 0 Å². The van der Waals surface area contributed by atoms with Gasteiger partial charge in [0, 0.05) is 32.1 Å². The summed E-state index contributed by atoms with van der Waals surface area (Å²) in [5, 5.41) is 2.11. The molecular formula is C23H19Cl2FN2. The molecule has 0 radical (unpaired) electrons. The Bertz CT molecular complexity index is 1110. The molecule has 0 aliphatic carbocycles. The van der Waals surface area contributed by atoms with Crippen LogP contribution in [0.25, 0.3) is 22.2 Å². The van der Waals surface area contributed by atoms with Crippen LogP contribution in [0.5, 0.6) is 0 Å². The first-order valence-electron chi connectivity index (χ1n) is 8.94. The van der Waals surface area contributed by atoms with Crippen molar-refractivity contribution in [2.24, 2.45) is 0 Å². The summed E-state index contributed by atoms with van der Waals surface area (Å²) in [7, 11) is 3.86. The van der Waals surface area contributed by atoms with E-state index in [2.05, 4.69) is 4.98 Å². The maximum absolute atomic E-state index is 14.9. The van der Waals surface area contributed by atoms with Gasteiger partial charge < -0.3 is 4.98 Å². The van der Waals surface area contributed by atoms with Crippen LogP contribution in [0.15, 0.2) is 66.7 Å². The van der Waals surface area contributed by atoms with E-state index in [1.54, 1.807) is 12.1 Å². The summed E-state index contributed by atoms with van der Waals surface area (Å²) < 4.78 is 14.9. The molecule has 3 aromatic carbocycles. The van der Waals surface area contributed by atoms with Gasteiger partial charge in [0.05, 0.1) is 11.7 Å². The van der Waals surface area contributed by atoms with Crippen molar-refractivity contribution in [3.8, 4) is 11.3 Å². The highest BCUT2D eigenvalue weighted by molar-refractivity contribution is 6.31. The van der Waals surface area contributed by atoms with E-state index in [4.69, 9.17) is 23.2 Å². The second-order valence-electron chi connectivity index (χ2n) is 6.97. The average Bonchev–Trinajstić information content (AvgIpc) is 3.04. The second kappa shape index (κ2) is 7.59. The number of rotatable bonds is 4. The van der Waals surface area contributed by atoms with Gasteiger partial charge in [-0.25, -0.2) is 4.39 Å². The minimum atomic E-state index is -0.365. The maximum Gasteiger partial charge on any atom is 0.129 e. The summed E-state index contributed by atoms with van der Waals surface area (Å²) in [6.07, 6.45) is 0. The summed E-state index contributed by atoms with van der Waals surface area (Å²) in [5.41, 5.74) is 4.34. The molecule has 0 fully saturated rings. The Morgan fingerprint density at radius 3 is 2.25 bits per heavy atom. The van der Waals surface area contributed by atoms with Crippen LogP contribution in [0.2, 0.25) is 10.0 Å². The molecule has 1 unspecified atom stereocenters. The van der Waals surface area contributed by atoms with Gasteiger partial charge >= 0.3 is 0 Å². The van der Waals surface area contributed by atoms with Crippen LogP contribution in [0, 0.1) is 5.82 Å². The van der Waals surface area contributed by atoms with Crippen LogP contribution in [0.1, 0.15) is 17.2 Å². The Morgan fingerprint density at radius 2 is 1.57 bits per heavy atom. The van der Waals surface area contributed by atoms with E-state index in [1.807, 2.05) is 67.5 Å². The highest BCUT2D eigenvalue weighted by atomic mass is 35.5. The summed E-state index contributed by atoms with van der Waals surface area (Å²) >= 11 is 12.5. The molecule has 2 nitrogen and oxygen atoms in total. The van der Waals surface area contributed by atoms with Crippen molar-refractivity contribution in [3.05, 3.63) is 93.7 Å². The molecule has 0 aliphatic heterocycles. The van der Waals surface area contributed by atoms with Gasteiger partial charge in [-0.2, -0.15) is 0 Å². The first-order chi connectivity index (χ1) is 13.5. The molecule has 4 rings (SSSR count). The lowest BCUT2D eigenvalue weighted by Crippen LogP contribution is -2.23. The van der Waals surface area contributed by atoms with Gasteiger partial charge in [-0.1, -0.05) is 59.6 Å². The van der Waals surface area contributed by atoms with Crippen molar-refractivity contribution in [3.63, 3.8) is 0 Å². The highest BCUT2D eigenvalue weighted by Crippen LogP contribution is 2.42. The zero-order valence-corrected chi connectivity index (χ0v) is 17.0. The largest absolute Gasteiger partial charge is 0.354 e. The molecule has 1 atom stereocenters. The molecule has 28 heavy (non-hydrogen) atoms. The smallest absolute Gasteiger partial charge is 0.129 e. The fourth-order valence-electron chi connectivity index (χ4n) is 3.72. The number of H-pyrrole nitrogens is 1. The zero-order chi connectivity index (χ0) is 19.8. The van der Waals surface area contributed by atoms with Gasteiger partial charge in [-0.15, -0.1) is 0 Å². The van der Waals surface area contributed by atoms with E-state index in [9.17, 15) is 4.39 Å². The number of aromatic amines is 1. The standard InChI is InChI=1S/C23H19Cl2FN2/c1-28(2)23(21-17(25)7-5-8-18(21)26)20-16-6-3-4-9-19(16)27-22(20)14-10-12-15(24)13-11-14/h3-13,23,27H,1-2H3.